The third-order valence-corrected chi connectivity index (χ3v) is 3.46. The number of alkyl halides is 3. The lowest BCUT2D eigenvalue weighted by Gasteiger charge is -2.13. The minimum absolute atomic E-state index is 0.0328. The zero-order valence-corrected chi connectivity index (χ0v) is 12.3. The quantitative estimate of drug-likeness (QED) is 0.587. The summed E-state index contributed by atoms with van der Waals surface area (Å²) in [6.45, 7) is 3.52. The molecule has 1 aromatic heterocycles. The van der Waals surface area contributed by atoms with E-state index in [-0.39, 0.29) is 16.6 Å². The summed E-state index contributed by atoms with van der Waals surface area (Å²) in [4.78, 5) is 14.9. The van der Waals surface area contributed by atoms with Crippen LogP contribution in [0.15, 0.2) is 6.20 Å². The summed E-state index contributed by atoms with van der Waals surface area (Å²) >= 11 is 1.70. The molecular weight excluding hydrogens is 378 g/mol. The molecule has 0 aliphatic carbocycles. The fraction of sp³-hybridized carbons (Fsp3) is 0.455. The zero-order chi connectivity index (χ0) is 14.6. The highest BCUT2D eigenvalue weighted by Gasteiger charge is 2.33. The van der Waals surface area contributed by atoms with E-state index in [4.69, 9.17) is 4.74 Å². The molecule has 4 nitrogen and oxygen atoms in total. The molecule has 0 amide bonds. The van der Waals surface area contributed by atoms with Gasteiger partial charge in [0.2, 0.25) is 5.88 Å². The fourth-order valence-electron chi connectivity index (χ4n) is 1.32. The van der Waals surface area contributed by atoms with Crippen molar-refractivity contribution in [3.63, 3.8) is 0 Å². The van der Waals surface area contributed by atoms with E-state index >= 15 is 0 Å². The van der Waals surface area contributed by atoms with Crippen molar-refractivity contribution in [3.05, 3.63) is 20.9 Å². The molecule has 0 aliphatic heterocycles. The summed E-state index contributed by atoms with van der Waals surface area (Å²) in [6.07, 6.45) is -3.63. The van der Waals surface area contributed by atoms with Crippen LogP contribution in [0, 0.1) is 10.5 Å². The van der Waals surface area contributed by atoms with Crippen molar-refractivity contribution >= 4 is 28.6 Å². The molecule has 0 aromatic carbocycles. The van der Waals surface area contributed by atoms with Gasteiger partial charge in [0, 0.05) is 6.20 Å². The van der Waals surface area contributed by atoms with Gasteiger partial charge in [-0.15, -0.1) is 13.2 Å². The Hall–Kier alpha value is -1.06. The number of ether oxygens (including phenoxy) is 2. The van der Waals surface area contributed by atoms with Crippen LogP contribution < -0.4 is 4.74 Å². The van der Waals surface area contributed by atoms with E-state index in [1.54, 1.807) is 36.4 Å². The Morgan fingerprint density at radius 1 is 1.47 bits per heavy atom. The highest BCUT2D eigenvalue weighted by molar-refractivity contribution is 14.1. The van der Waals surface area contributed by atoms with Gasteiger partial charge in [-0.05, 0) is 47.6 Å². The Balaban J connectivity index is 2.94. The van der Waals surface area contributed by atoms with Crippen LogP contribution in [0.5, 0.6) is 5.88 Å². The number of halogens is 4. The molecular formula is C11H11F3INO3. The maximum Gasteiger partial charge on any atom is 0.574 e. The van der Waals surface area contributed by atoms with Crippen LogP contribution in [-0.2, 0) is 16.0 Å². The molecule has 0 N–H and O–H groups in total. The van der Waals surface area contributed by atoms with Gasteiger partial charge < -0.3 is 9.47 Å². The van der Waals surface area contributed by atoms with E-state index in [0.29, 0.717) is 11.1 Å². The number of pyridine rings is 1. The van der Waals surface area contributed by atoms with E-state index in [2.05, 4.69) is 9.72 Å². The second-order valence-corrected chi connectivity index (χ2v) is 4.64. The third kappa shape index (κ3) is 4.84. The predicted molar refractivity (Wildman–Crippen MR) is 68.7 cm³/mol. The smallest absolute Gasteiger partial charge is 0.466 e. The fourth-order valence-corrected chi connectivity index (χ4v) is 1.91. The Morgan fingerprint density at radius 3 is 2.63 bits per heavy atom. The van der Waals surface area contributed by atoms with Crippen molar-refractivity contribution in [2.24, 2.45) is 0 Å². The summed E-state index contributed by atoms with van der Waals surface area (Å²) in [5, 5.41) is 0. The van der Waals surface area contributed by atoms with E-state index in [1.165, 1.54) is 6.20 Å². The standard InChI is InChI=1S/C11H11F3INO3/c1-3-18-8(17)4-7-5-16-10(9(15)6(7)2)19-11(12,13)14/h5H,3-4H2,1-2H3. The number of aromatic nitrogens is 1. The van der Waals surface area contributed by atoms with E-state index in [0.717, 1.165) is 0 Å². The van der Waals surface area contributed by atoms with Gasteiger partial charge in [-0.25, -0.2) is 4.98 Å². The summed E-state index contributed by atoms with van der Waals surface area (Å²) in [5.74, 6) is -0.967. The van der Waals surface area contributed by atoms with Crippen LogP contribution in [0.1, 0.15) is 18.1 Å². The molecule has 0 atom stereocenters. The molecule has 19 heavy (non-hydrogen) atoms. The first-order chi connectivity index (χ1) is 8.74. The van der Waals surface area contributed by atoms with Gasteiger partial charge in [-0.1, -0.05) is 0 Å². The van der Waals surface area contributed by atoms with Crippen molar-refractivity contribution in [1.29, 1.82) is 0 Å². The SMILES string of the molecule is CCOC(=O)Cc1cnc(OC(F)(F)F)c(I)c1C. The molecule has 0 spiro atoms. The van der Waals surface area contributed by atoms with Crippen molar-refractivity contribution < 1.29 is 27.4 Å². The summed E-state index contributed by atoms with van der Waals surface area (Å²) < 4.78 is 45.1. The summed E-state index contributed by atoms with van der Waals surface area (Å²) in [6, 6.07) is 0. The van der Waals surface area contributed by atoms with Gasteiger partial charge in [-0.3, -0.25) is 4.79 Å². The van der Waals surface area contributed by atoms with Crippen molar-refractivity contribution in [1.82, 2.24) is 4.98 Å². The van der Waals surface area contributed by atoms with Gasteiger partial charge in [0.15, 0.2) is 0 Å². The van der Waals surface area contributed by atoms with Gasteiger partial charge in [0.25, 0.3) is 0 Å². The van der Waals surface area contributed by atoms with Crippen LogP contribution >= 0.6 is 22.6 Å². The minimum Gasteiger partial charge on any atom is -0.466 e. The van der Waals surface area contributed by atoms with Gasteiger partial charge in [-0.2, -0.15) is 0 Å². The number of hydrogen-bond acceptors (Lipinski definition) is 4. The highest BCUT2D eigenvalue weighted by atomic mass is 127. The summed E-state index contributed by atoms with van der Waals surface area (Å²) in [7, 11) is 0. The van der Waals surface area contributed by atoms with Crippen LogP contribution in [0.4, 0.5) is 13.2 Å². The van der Waals surface area contributed by atoms with E-state index in [1.807, 2.05) is 0 Å². The molecule has 1 aromatic rings. The Bertz CT molecular complexity index is 477. The molecule has 8 heteroatoms. The molecule has 0 saturated carbocycles. The van der Waals surface area contributed by atoms with Gasteiger partial charge in [0.05, 0.1) is 16.6 Å². The second-order valence-electron chi connectivity index (χ2n) is 3.56. The second kappa shape index (κ2) is 6.40. The lowest BCUT2D eigenvalue weighted by molar-refractivity contribution is -0.276. The maximum absolute atomic E-state index is 12.1. The number of hydrogen-bond donors (Lipinski definition) is 0. The van der Waals surface area contributed by atoms with Crippen molar-refractivity contribution in [3.8, 4) is 5.88 Å². The molecule has 1 heterocycles. The molecule has 0 radical (unpaired) electrons. The number of nitrogens with zero attached hydrogens (tertiary/aromatic N) is 1. The largest absolute Gasteiger partial charge is 0.574 e. The van der Waals surface area contributed by atoms with Crippen LogP contribution in [0.3, 0.4) is 0 Å². The normalized spacial score (nSPS) is 11.3. The van der Waals surface area contributed by atoms with Crippen molar-refractivity contribution in [2.45, 2.75) is 26.6 Å². The average Bonchev–Trinajstić information content (AvgIpc) is 2.28. The number of carbonyl (C=O) groups excluding carboxylic acids is 1. The highest BCUT2D eigenvalue weighted by Crippen LogP contribution is 2.29. The number of esters is 1. The molecule has 106 valence electrons. The Morgan fingerprint density at radius 2 is 2.11 bits per heavy atom. The minimum atomic E-state index is -4.79. The number of carbonyl (C=O) groups is 1. The lowest BCUT2D eigenvalue weighted by Crippen LogP contribution is -2.19. The first-order valence-electron chi connectivity index (χ1n) is 5.30. The molecule has 0 fully saturated rings. The monoisotopic (exact) mass is 389 g/mol. The average molecular weight is 389 g/mol. The lowest BCUT2D eigenvalue weighted by atomic mass is 10.1. The van der Waals surface area contributed by atoms with Crippen molar-refractivity contribution in [2.75, 3.05) is 6.61 Å². The predicted octanol–water partition coefficient (Wildman–Crippen LogP) is 3.00. The molecule has 0 bridgehead atoms. The zero-order valence-electron chi connectivity index (χ0n) is 10.2. The van der Waals surface area contributed by atoms with Crippen LogP contribution in [0.25, 0.3) is 0 Å². The van der Waals surface area contributed by atoms with E-state index in [9.17, 15) is 18.0 Å². The topological polar surface area (TPSA) is 48.4 Å². The van der Waals surface area contributed by atoms with Crippen LogP contribution in [-0.4, -0.2) is 23.9 Å². The maximum atomic E-state index is 12.1. The Kier molecular flexibility index (Phi) is 5.39. The molecule has 1 rings (SSSR count). The Labute approximate surface area is 121 Å². The first-order valence-corrected chi connectivity index (χ1v) is 6.37. The third-order valence-electron chi connectivity index (χ3n) is 2.19. The molecule has 0 saturated heterocycles. The molecule has 0 unspecified atom stereocenters. The first kappa shape index (κ1) is 16.0. The number of rotatable bonds is 4. The van der Waals surface area contributed by atoms with Gasteiger partial charge in [0.1, 0.15) is 0 Å². The molecule has 0 aliphatic rings. The summed E-state index contributed by atoms with van der Waals surface area (Å²) in [5.41, 5.74) is 1.03. The van der Waals surface area contributed by atoms with Crippen LogP contribution in [0.2, 0.25) is 0 Å². The van der Waals surface area contributed by atoms with E-state index < -0.39 is 18.2 Å². The van der Waals surface area contributed by atoms with Gasteiger partial charge >= 0.3 is 12.3 Å².